The molecule has 0 unspecified atom stereocenters. The molecule has 2 N–H and O–H groups in total. The van der Waals surface area contributed by atoms with Crippen LogP contribution in [0.2, 0.25) is 0 Å². The van der Waals surface area contributed by atoms with Crippen LogP contribution in [0.25, 0.3) is 21.8 Å². The molecule has 0 spiro atoms. The maximum Gasteiger partial charge on any atom is 0.0491 e. The van der Waals surface area contributed by atoms with Crippen molar-refractivity contribution in [1.29, 1.82) is 0 Å². The minimum atomic E-state index is -0.103. The zero-order valence-electron chi connectivity index (χ0n) is 13.6. The van der Waals surface area contributed by atoms with E-state index < -0.39 is 0 Å². The monoisotopic (exact) mass is 304 g/mol. The van der Waals surface area contributed by atoms with Crippen LogP contribution in [0.1, 0.15) is 44.1 Å². The fraction of sp³-hybridized carbons (Fsp3) is 0.429. The number of hydrogen-bond acceptors (Lipinski definition) is 1. The van der Waals surface area contributed by atoms with Crippen molar-refractivity contribution in [2.24, 2.45) is 11.7 Å². The second kappa shape index (κ2) is 4.85. The van der Waals surface area contributed by atoms with E-state index in [1.165, 1.54) is 53.1 Å². The van der Waals surface area contributed by atoms with Crippen LogP contribution in [0.15, 0.2) is 42.5 Å². The number of para-hydroxylation sites is 1. The summed E-state index contributed by atoms with van der Waals surface area (Å²) < 4.78 is 2.53. The van der Waals surface area contributed by atoms with Crippen molar-refractivity contribution < 1.29 is 0 Å². The predicted molar refractivity (Wildman–Crippen MR) is 96.5 cm³/mol. The van der Waals surface area contributed by atoms with E-state index in [-0.39, 0.29) is 5.54 Å². The molecule has 2 fully saturated rings. The standard InChI is InChI=1S/C21H24N2/c22-21(11-3-4-12-21)16-9-10-20-18(13-16)17-5-1-2-6-19(17)23(20)14-15-7-8-15/h1-2,5-6,9-10,13,15H,3-4,7-8,11-12,14,22H2. The lowest BCUT2D eigenvalue weighted by Gasteiger charge is -2.24. The Morgan fingerprint density at radius 1 is 0.957 bits per heavy atom. The van der Waals surface area contributed by atoms with Crippen molar-refractivity contribution >= 4 is 21.8 Å². The Morgan fingerprint density at radius 2 is 1.70 bits per heavy atom. The number of nitrogens with two attached hydrogens (primary N) is 1. The number of fused-ring (bicyclic) bond motifs is 3. The third-order valence-electron chi connectivity index (χ3n) is 5.98. The lowest BCUT2D eigenvalue weighted by Crippen LogP contribution is -2.32. The van der Waals surface area contributed by atoms with Gasteiger partial charge >= 0.3 is 0 Å². The summed E-state index contributed by atoms with van der Waals surface area (Å²) in [4.78, 5) is 0. The average molecular weight is 304 g/mol. The van der Waals surface area contributed by atoms with Crippen molar-refractivity contribution in [1.82, 2.24) is 4.57 Å². The summed E-state index contributed by atoms with van der Waals surface area (Å²) in [5, 5.41) is 2.77. The average Bonchev–Trinajstić information content (AvgIpc) is 3.21. The van der Waals surface area contributed by atoms with Gasteiger partial charge in [0, 0.05) is 33.9 Å². The summed E-state index contributed by atoms with van der Waals surface area (Å²) in [5.41, 5.74) is 10.7. The number of rotatable bonds is 3. The second-order valence-electron chi connectivity index (χ2n) is 7.67. The maximum absolute atomic E-state index is 6.71. The highest BCUT2D eigenvalue weighted by Gasteiger charge is 2.32. The Kier molecular flexibility index (Phi) is 2.87. The first-order valence-corrected chi connectivity index (χ1v) is 9.05. The molecule has 2 heteroatoms. The summed E-state index contributed by atoms with van der Waals surface area (Å²) in [6.45, 7) is 1.16. The van der Waals surface area contributed by atoms with Gasteiger partial charge in [0.25, 0.3) is 0 Å². The lowest BCUT2D eigenvalue weighted by molar-refractivity contribution is 0.462. The van der Waals surface area contributed by atoms with Gasteiger partial charge in [0.2, 0.25) is 0 Å². The predicted octanol–water partition coefficient (Wildman–Crippen LogP) is 4.93. The first-order valence-electron chi connectivity index (χ1n) is 9.05. The Bertz CT molecular complexity index is 879. The van der Waals surface area contributed by atoms with Crippen LogP contribution in [0.4, 0.5) is 0 Å². The molecule has 0 aliphatic heterocycles. The van der Waals surface area contributed by atoms with Gasteiger partial charge in [-0.15, -0.1) is 0 Å². The van der Waals surface area contributed by atoms with Crippen LogP contribution in [-0.2, 0) is 12.1 Å². The largest absolute Gasteiger partial charge is 0.340 e. The number of nitrogens with zero attached hydrogens (tertiary/aromatic N) is 1. The maximum atomic E-state index is 6.71. The number of aromatic nitrogens is 1. The first kappa shape index (κ1) is 13.6. The molecule has 2 saturated carbocycles. The summed E-state index contributed by atoms with van der Waals surface area (Å²) in [6, 6.07) is 15.8. The Morgan fingerprint density at radius 3 is 2.48 bits per heavy atom. The van der Waals surface area contributed by atoms with Gasteiger partial charge in [-0.3, -0.25) is 0 Å². The molecule has 5 rings (SSSR count). The molecule has 118 valence electrons. The van der Waals surface area contributed by atoms with Gasteiger partial charge in [-0.25, -0.2) is 0 Å². The molecule has 0 saturated heterocycles. The molecule has 2 aromatic carbocycles. The van der Waals surface area contributed by atoms with Crippen LogP contribution in [0.5, 0.6) is 0 Å². The lowest BCUT2D eigenvalue weighted by atomic mass is 9.88. The molecule has 0 bridgehead atoms. The van der Waals surface area contributed by atoms with Gasteiger partial charge in [-0.2, -0.15) is 0 Å². The highest BCUT2D eigenvalue weighted by atomic mass is 15.0. The summed E-state index contributed by atoms with van der Waals surface area (Å²) in [5.74, 6) is 0.879. The van der Waals surface area contributed by atoms with E-state index in [1.807, 2.05) is 0 Å². The smallest absolute Gasteiger partial charge is 0.0491 e. The third kappa shape index (κ3) is 2.12. The van der Waals surface area contributed by atoms with Crippen LogP contribution in [0.3, 0.4) is 0 Å². The van der Waals surface area contributed by atoms with Gasteiger partial charge in [-0.1, -0.05) is 37.1 Å². The molecule has 0 atom stereocenters. The van der Waals surface area contributed by atoms with Crippen LogP contribution >= 0.6 is 0 Å². The fourth-order valence-corrected chi connectivity index (χ4v) is 4.41. The third-order valence-corrected chi connectivity index (χ3v) is 5.98. The highest BCUT2D eigenvalue weighted by Crippen LogP contribution is 2.40. The first-order chi connectivity index (χ1) is 11.2. The zero-order valence-corrected chi connectivity index (χ0v) is 13.6. The van der Waals surface area contributed by atoms with Crippen LogP contribution in [-0.4, -0.2) is 4.57 Å². The molecule has 2 nitrogen and oxygen atoms in total. The van der Waals surface area contributed by atoms with E-state index in [9.17, 15) is 0 Å². The Hall–Kier alpha value is -1.80. The van der Waals surface area contributed by atoms with E-state index in [0.717, 1.165) is 25.3 Å². The molecule has 2 aliphatic carbocycles. The van der Waals surface area contributed by atoms with Gasteiger partial charge in [0.15, 0.2) is 0 Å². The Labute approximate surface area is 137 Å². The molecule has 2 aliphatic rings. The summed E-state index contributed by atoms with van der Waals surface area (Å²) in [6.07, 6.45) is 7.55. The van der Waals surface area contributed by atoms with Crippen molar-refractivity contribution in [3.63, 3.8) is 0 Å². The molecule has 23 heavy (non-hydrogen) atoms. The van der Waals surface area contributed by atoms with E-state index in [2.05, 4.69) is 47.0 Å². The minimum Gasteiger partial charge on any atom is -0.340 e. The van der Waals surface area contributed by atoms with E-state index in [4.69, 9.17) is 5.73 Å². The van der Waals surface area contributed by atoms with Gasteiger partial charge in [-0.05, 0) is 55.4 Å². The van der Waals surface area contributed by atoms with Gasteiger partial charge in [0.05, 0.1) is 0 Å². The van der Waals surface area contributed by atoms with E-state index in [1.54, 1.807) is 0 Å². The molecule has 0 radical (unpaired) electrons. The molecular formula is C21H24N2. The van der Waals surface area contributed by atoms with Crippen molar-refractivity contribution in [3.05, 3.63) is 48.0 Å². The van der Waals surface area contributed by atoms with Crippen LogP contribution < -0.4 is 5.73 Å². The van der Waals surface area contributed by atoms with Gasteiger partial charge < -0.3 is 10.3 Å². The topological polar surface area (TPSA) is 30.9 Å². The fourth-order valence-electron chi connectivity index (χ4n) is 4.41. The molecule has 0 amide bonds. The number of benzene rings is 2. The van der Waals surface area contributed by atoms with Crippen molar-refractivity contribution in [2.75, 3.05) is 0 Å². The molecular weight excluding hydrogens is 280 g/mol. The van der Waals surface area contributed by atoms with Crippen molar-refractivity contribution in [2.45, 2.75) is 50.6 Å². The Balaban J connectivity index is 1.74. The SMILES string of the molecule is NC1(c2ccc3c(c2)c2ccccc2n3CC2CC2)CCCC1. The second-order valence-corrected chi connectivity index (χ2v) is 7.67. The summed E-state index contributed by atoms with van der Waals surface area (Å²) in [7, 11) is 0. The van der Waals surface area contributed by atoms with E-state index >= 15 is 0 Å². The van der Waals surface area contributed by atoms with E-state index in [0.29, 0.717) is 0 Å². The molecule has 1 heterocycles. The summed E-state index contributed by atoms with van der Waals surface area (Å²) >= 11 is 0. The number of hydrogen-bond donors (Lipinski definition) is 1. The molecule has 1 aromatic heterocycles. The van der Waals surface area contributed by atoms with Crippen LogP contribution in [0, 0.1) is 5.92 Å². The minimum absolute atomic E-state index is 0.103. The molecule has 3 aromatic rings. The zero-order chi connectivity index (χ0) is 15.4. The normalized spacial score (nSPS) is 20.6. The van der Waals surface area contributed by atoms with Crippen molar-refractivity contribution in [3.8, 4) is 0 Å². The van der Waals surface area contributed by atoms with Gasteiger partial charge in [0.1, 0.15) is 0 Å². The highest BCUT2D eigenvalue weighted by molar-refractivity contribution is 6.08. The quantitative estimate of drug-likeness (QED) is 0.730.